The van der Waals surface area contributed by atoms with Crippen molar-refractivity contribution < 1.29 is 4.79 Å². The van der Waals surface area contributed by atoms with E-state index in [0.717, 1.165) is 6.42 Å². The summed E-state index contributed by atoms with van der Waals surface area (Å²) in [6.07, 6.45) is 1.56. The fourth-order valence-electron chi connectivity index (χ4n) is 1.51. The molecule has 0 aromatic rings. The Bertz CT molecular complexity index is 187. The van der Waals surface area contributed by atoms with Crippen LogP contribution in [0, 0.1) is 5.41 Å². The summed E-state index contributed by atoms with van der Waals surface area (Å²) >= 11 is 0. The van der Waals surface area contributed by atoms with Crippen molar-refractivity contribution in [1.82, 2.24) is 4.67 Å². The van der Waals surface area contributed by atoms with E-state index in [9.17, 15) is 4.79 Å². The molecule has 2 N–H and O–H groups in total. The number of nitrogens with two attached hydrogens (primary N) is 1. The first-order valence-corrected chi connectivity index (χ1v) is 5.95. The van der Waals surface area contributed by atoms with Crippen molar-refractivity contribution in [3.8, 4) is 0 Å². The highest BCUT2D eigenvalue weighted by Crippen LogP contribution is 2.34. The van der Waals surface area contributed by atoms with Gasteiger partial charge in [-0.3, -0.25) is 9.46 Å². The van der Waals surface area contributed by atoms with Crippen molar-refractivity contribution in [3.63, 3.8) is 0 Å². The lowest BCUT2D eigenvalue weighted by atomic mass is 9.89. The Morgan fingerprint density at radius 1 is 1.43 bits per heavy atom. The molecule has 14 heavy (non-hydrogen) atoms. The molecule has 2 unspecified atom stereocenters. The van der Waals surface area contributed by atoms with Crippen molar-refractivity contribution >= 4 is 14.6 Å². The fraction of sp³-hybridized carbons (Fsp3) is 0.900. The van der Waals surface area contributed by atoms with Crippen LogP contribution in [-0.2, 0) is 4.79 Å². The maximum absolute atomic E-state index is 10.9. The van der Waals surface area contributed by atoms with Crippen LogP contribution in [0.5, 0.6) is 0 Å². The second-order valence-electron chi connectivity index (χ2n) is 5.16. The number of hydrogen-bond acceptors (Lipinski definition) is 2. The number of carbonyl (C=O) groups is 1. The Hall–Kier alpha value is -0.140. The van der Waals surface area contributed by atoms with Gasteiger partial charge in [0.1, 0.15) is 0 Å². The highest BCUT2D eigenvalue weighted by molar-refractivity contribution is 7.36. The third kappa shape index (κ3) is 8.46. The molecule has 4 heteroatoms. The van der Waals surface area contributed by atoms with Crippen LogP contribution < -0.4 is 5.73 Å². The fourth-order valence-corrected chi connectivity index (χ4v) is 3.24. The van der Waals surface area contributed by atoms with Crippen molar-refractivity contribution in [3.05, 3.63) is 0 Å². The number of nitrogens with zero attached hydrogens (tertiary/aromatic N) is 1. The van der Waals surface area contributed by atoms with Gasteiger partial charge in [0, 0.05) is 6.42 Å². The van der Waals surface area contributed by atoms with Crippen molar-refractivity contribution in [2.75, 3.05) is 14.1 Å². The van der Waals surface area contributed by atoms with Gasteiger partial charge >= 0.3 is 0 Å². The summed E-state index contributed by atoms with van der Waals surface area (Å²) < 4.78 is 2.14. The highest BCUT2D eigenvalue weighted by Gasteiger charge is 2.20. The predicted octanol–water partition coefficient (Wildman–Crippen LogP) is 1.82. The summed E-state index contributed by atoms with van der Waals surface area (Å²) in [5.41, 5.74) is 5.91. The molecule has 3 nitrogen and oxygen atoms in total. The van der Waals surface area contributed by atoms with E-state index in [1.807, 2.05) is 14.1 Å². The third-order valence-electron chi connectivity index (χ3n) is 1.75. The molecule has 0 bridgehead atoms. The first-order valence-electron chi connectivity index (χ1n) is 4.92. The Balaban J connectivity index is 4.17. The summed E-state index contributed by atoms with van der Waals surface area (Å²) in [7, 11) is 4.75. The van der Waals surface area contributed by atoms with E-state index in [4.69, 9.17) is 5.73 Å². The molecular weight excluding hydrogens is 195 g/mol. The van der Waals surface area contributed by atoms with E-state index in [2.05, 4.69) is 25.4 Å². The van der Waals surface area contributed by atoms with Crippen LogP contribution >= 0.6 is 8.73 Å². The summed E-state index contributed by atoms with van der Waals surface area (Å²) in [4.78, 5) is 10.9. The highest BCUT2D eigenvalue weighted by atomic mass is 31.1. The van der Waals surface area contributed by atoms with Crippen LogP contribution in [0.1, 0.15) is 33.6 Å². The molecule has 0 saturated carbocycles. The average molecular weight is 218 g/mol. The Morgan fingerprint density at radius 2 is 1.93 bits per heavy atom. The van der Waals surface area contributed by atoms with Gasteiger partial charge in [-0.25, -0.2) is 0 Å². The average Bonchev–Trinajstić information content (AvgIpc) is 1.77. The van der Waals surface area contributed by atoms with Crippen LogP contribution in [0.3, 0.4) is 0 Å². The quantitative estimate of drug-likeness (QED) is 0.715. The van der Waals surface area contributed by atoms with Gasteiger partial charge < -0.3 is 5.73 Å². The van der Waals surface area contributed by atoms with Crippen molar-refractivity contribution in [2.24, 2.45) is 11.1 Å². The minimum Gasteiger partial charge on any atom is -0.370 e. The predicted molar refractivity (Wildman–Crippen MR) is 63.7 cm³/mol. The second kappa shape index (κ2) is 5.67. The minimum absolute atomic E-state index is 0.186. The molecule has 84 valence electrons. The molecule has 0 aromatic carbocycles. The van der Waals surface area contributed by atoms with Crippen LogP contribution in [0.25, 0.3) is 0 Å². The molecule has 0 saturated heterocycles. The van der Waals surface area contributed by atoms with E-state index >= 15 is 0 Å². The number of rotatable bonds is 5. The van der Waals surface area contributed by atoms with E-state index in [-0.39, 0.29) is 11.3 Å². The molecule has 0 fully saturated rings. The normalized spacial score (nSPS) is 15.3. The van der Waals surface area contributed by atoms with Gasteiger partial charge in [-0.15, -0.1) is 0 Å². The Kier molecular flexibility index (Phi) is 5.61. The molecule has 0 spiro atoms. The maximum Gasteiger partial charge on any atom is 0.218 e. The Morgan fingerprint density at radius 3 is 2.21 bits per heavy atom. The van der Waals surface area contributed by atoms with Gasteiger partial charge in [0.25, 0.3) is 0 Å². The lowest BCUT2D eigenvalue weighted by Crippen LogP contribution is -2.23. The van der Waals surface area contributed by atoms with Crippen molar-refractivity contribution in [1.29, 1.82) is 0 Å². The lowest BCUT2D eigenvalue weighted by molar-refractivity contribution is -0.118. The van der Waals surface area contributed by atoms with E-state index in [0.29, 0.717) is 20.8 Å². The number of carbonyl (C=O) groups excluding carboxylic acids is 1. The summed E-state index contributed by atoms with van der Waals surface area (Å²) in [5.74, 6) is -0.186. The zero-order valence-corrected chi connectivity index (χ0v) is 10.9. The molecule has 0 aliphatic rings. The summed E-state index contributed by atoms with van der Waals surface area (Å²) in [6, 6.07) is 0. The van der Waals surface area contributed by atoms with Crippen LogP contribution in [-0.4, -0.2) is 30.3 Å². The number of primary amides is 1. The van der Waals surface area contributed by atoms with Gasteiger partial charge in [0.15, 0.2) is 0 Å². The minimum atomic E-state index is -0.186. The molecular formula is C10H23N2OP. The van der Waals surface area contributed by atoms with Gasteiger partial charge in [0.2, 0.25) is 5.91 Å². The van der Waals surface area contributed by atoms with Gasteiger partial charge in [-0.1, -0.05) is 20.8 Å². The summed E-state index contributed by atoms with van der Waals surface area (Å²) in [6.45, 7) is 6.59. The van der Waals surface area contributed by atoms with Crippen molar-refractivity contribution in [2.45, 2.75) is 39.3 Å². The molecule has 1 amide bonds. The van der Waals surface area contributed by atoms with E-state index in [1.54, 1.807) is 0 Å². The standard InChI is InChI=1S/C10H23N2OP/c1-10(2,3)7-8(6-9(11)13)14-12(4)5/h8,14H,6-7H2,1-5H3,(H2,11,13). The number of amides is 1. The van der Waals surface area contributed by atoms with Crippen LogP contribution in [0.15, 0.2) is 0 Å². The van der Waals surface area contributed by atoms with Gasteiger partial charge in [-0.05, 0) is 40.3 Å². The second-order valence-corrected chi connectivity index (χ2v) is 7.12. The third-order valence-corrected chi connectivity index (χ3v) is 3.04. The largest absolute Gasteiger partial charge is 0.370 e. The lowest BCUT2D eigenvalue weighted by Gasteiger charge is -2.27. The van der Waals surface area contributed by atoms with Gasteiger partial charge in [0.05, 0.1) is 0 Å². The molecule has 0 aromatic heterocycles. The zero-order chi connectivity index (χ0) is 11.4. The van der Waals surface area contributed by atoms with E-state index in [1.165, 1.54) is 0 Å². The molecule has 0 aliphatic heterocycles. The first kappa shape index (κ1) is 13.9. The smallest absolute Gasteiger partial charge is 0.218 e. The molecule has 0 radical (unpaired) electrons. The zero-order valence-electron chi connectivity index (χ0n) is 9.92. The van der Waals surface area contributed by atoms with Gasteiger partial charge in [-0.2, -0.15) is 0 Å². The molecule has 2 atom stereocenters. The topological polar surface area (TPSA) is 46.3 Å². The maximum atomic E-state index is 10.9. The molecule has 0 aliphatic carbocycles. The summed E-state index contributed by atoms with van der Waals surface area (Å²) in [5, 5.41) is 0. The first-order chi connectivity index (χ1) is 6.20. The monoisotopic (exact) mass is 218 g/mol. The Labute approximate surface area is 89.3 Å². The SMILES string of the molecule is CN(C)PC(CC(N)=O)CC(C)(C)C. The molecule has 0 rings (SSSR count). The molecule has 0 heterocycles. The number of hydrogen-bond donors (Lipinski definition) is 1. The van der Waals surface area contributed by atoms with Crippen LogP contribution in [0.4, 0.5) is 0 Å². The van der Waals surface area contributed by atoms with E-state index < -0.39 is 0 Å². The van der Waals surface area contributed by atoms with Crippen LogP contribution in [0.2, 0.25) is 0 Å².